The molecule has 16 heavy (non-hydrogen) atoms. The first-order valence-electron chi connectivity index (χ1n) is 5.23. The SMILES string of the molecule is O=[N+]([O-])c1ccccc1CC1OCCCO1. The summed E-state index contributed by atoms with van der Waals surface area (Å²) in [5.41, 5.74) is 0.777. The van der Waals surface area contributed by atoms with Crippen LogP contribution in [0.15, 0.2) is 24.3 Å². The summed E-state index contributed by atoms with van der Waals surface area (Å²) >= 11 is 0. The maximum Gasteiger partial charge on any atom is 0.272 e. The molecule has 0 unspecified atom stereocenters. The standard InChI is InChI=1S/C11H13NO4/c13-12(14)10-5-2-1-4-9(10)8-11-15-6-3-7-16-11/h1-2,4-5,11H,3,6-8H2. The van der Waals surface area contributed by atoms with E-state index in [1.165, 1.54) is 6.07 Å². The lowest BCUT2D eigenvalue weighted by Gasteiger charge is -2.22. The summed E-state index contributed by atoms with van der Waals surface area (Å²) in [5, 5.41) is 10.8. The van der Waals surface area contributed by atoms with Gasteiger partial charge in [-0.05, 0) is 6.42 Å². The third-order valence-electron chi connectivity index (χ3n) is 2.47. The fourth-order valence-electron chi connectivity index (χ4n) is 1.70. The van der Waals surface area contributed by atoms with Crippen molar-refractivity contribution in [3.8, 4) is 0 Å². The summed E-state index contributed by atoms with van der Waals surface area (Å²) in [7, 11) is 0. The first kappa shape index (κ1) is 11.0. The van der Waals surface area contributed by atoms with E-state index in [1.807, 2.05) is 0 Å². The molecule has 1 aromatic rings. The highest BCUT2D eigenvalue weighted by Gasteiger charge is 2.20. The quantitative estimate of drug-likeness (QED) is 0.580. The summed E-state index contributed by atoms with van der Waals surface area (Å²) in [4.78, 5) is 10.4. The number of rotatable bonds is 3. The Hall–Kier alpha value is -1.46. The minimum Gasteiger partial charge on any atom is -0.352 e. The Morgan fingerprint density at radius 3 is 2.69 bits per heavy atom. The molecule has 86 valence electrons. The molecule has 0 aliphatic carbocycles. The number of nitrogens with zero attached hydrogens (tertiary/aromatic N) is 1. The largest absolute Gasteiger partial charge is 0.352 e. The van der Waals surface area contributed by atoms with Gasteiger partial charge >= 0.3 is 0 Å². The van der Waals surface area contributed by atoms with Gasteiger partial charge in [-0.25, -0.2) is 0 Å². The van der Waals surface area contributed by atoms with Crippen LogP contribution < -0.4 is 0 Å². The summed E-state index contributed by atoms with van der Waals surface area (Å²) in [6, 6.07) is 6.67. The molecule has 0 spiro atoms. The minimum absolute atomic E-state index is 0.125. The Morgan fingerprint density at radius 1 is 1.31 bits per heavy atom. The van der Waals surface area contributed by atoms with E-state index in [1.54, 1.807) is 18.2 Å². The molecule has 0 aromatic heterocycles. The number of nitro groups is 1. The van der Waals surface area contributed by atoms with Gasteiger partial charge in [0.2, 0.25) is 0 Å². The molecular formula is C11H13NO4. The first-order valence-corrected chi connectivity index (χ1v) is 5.23. The van der Waals surface area contributed by atoms with Crippen LogP contribution in [0.5, 0.6) is 0 Å². The third-order valence-corrected chi connectivity index (χ3v) is 2.47. The molecule has 1 aromatic carbocycles. The topological polar surface area (TPSA) is 61.6 Å². The lowest BCUT2D eigenvalue weighted by Crippen LogP contribution is -2.27. The van der Waals surface area contributed by atoms with Gasteiger partial charge in [-0.15, -0.1) is 0 Å². The monoisotopic (exact) mass is 223 g/mol. The Balaban J connectivity index is 2.10. The van der Waals surface area contributed by atoms with Crippen LogP contribution in [0.1, 0.15) is 12.0 Å². The molecule has 0 N–H and O–H groups in total. The van der Waals surface area contributed by atoms with Crippen LogP contribution in [0.2, 0.25) is 0 Å². The Morgan fingerprint density at radius 2 is 2.00 bits per heavy atom. The van der Waals surface area contributed by atoms with Crippen molar-refractivity contribution in [1.29, 1.82) is 0 Å². The molecule has 5 nitrogen and oxygen atoms in total. The van der Waals surface area contributed by atoms with E-state index >= 15 is 0 Å². The molecule has 0 radical (unpaired) electrons. The van der Waals surface area contributed by atoms with E-state index in [2.05, 4.69) is 0 Å². The van der Waals surface area contributed by atoms with Crippen molar-refractivity contribution >= 4 is 5.69 Å². The van der Waals surface area contributed by atoms with Crippen LogP contribution in [0, 0.1) is 10.1 Å². The van der Waals surface area contributed by atoms with Crippen LogP contribution in [0.25, 0.3) is 0 Å². The lowest BCUT2D eigenvalue weighted by molar-refractivity contribution is -0.385. The average molecular weight is 223 g/mol. The first-order chi connectivity index (χ1) is 7.77. The number of hydrogen-bond donors (Lipinski definition) is 0. The maximum absolute atomic E-state index is 10.8. The van der Waals surface area contributed by atoms with Gasteiger partial charge in [0, 0.05) is 18.1 Å². The van der Waals surface area contributed by atoms with Gasteiger partial charge in [0.25, 0.3) is 5.69 Å². The van der Waals surface area contributed by atoms with E-state index in [-0.39, 0.29) is 16.9 Å². The van der Waals surface area contributed by atoms with Crippen molar-refractivity contribution in [2.24, 2.45) is 0 Å². The average Bonchev–Trinajstić information content (AvgIpc) is 2.31. The zero-order valence-electron chi connectivity index (χ0n) is 8.80. The van der Waals surface area contributed by atoms with Gasteiger partial charge in [-0.3, -0.25) is 10.1 Å². The molecule has 0 atom stereocenters. The van der Waals surface area contributed by atoms with E-state index in [0.29, 0.717) is 25.2 Å². The highest BCUT2D eigenvalue weighted by molar-refractivity contribution is 5.39. The second-order valence-electron chi connectivity index (χ2n) is 3.61. The van der Waals surface area contributed by atoms with Crippen LogP contribution in [-0.2, 0) is 15.9 Å². The maximum atomic E-state index is 10.8. The van der Waals surface area contributed by atoms with Crippen molar-refractivity contribution in [2.75, 3.05) is 13.2 Å². The van der Waals surface area contributed by atoms with E-state index in [9.17, 15) is 10.1 Å². The molecular weight excluding hydrogens is 210 g/mol. The Labute approximate surface area is 93.1 Å². The van der Waals surface area contributed by atoms with Crippen LogP contribution >= 0.6 is 0 Å². The molecule has 1 aliphatic heterocycles. The number of nitro benzene ring substituents is 1. The van der Waals surface area contributed by atoms with Crippen LogP contribution in [-0.4, -0.2) is 24.4 Å². The molecule has 2 rings (SSSR count). The van der Waals surface area contributed by atoms with Crippen molar-refractivity contribution in [2.45, 2.75) is 19.1 Å². The zero-order valence-corrected chi connectivity index (χ0v) is 8.80. The molecule has 5 heteroatoms. The predicted octanol–water partition coefficient (Wildman–Crippen LogP) is 1.90. The second-order valence-corrected chi connectivity index (χ2v) is 3.61. The molecule has 1 heterocycles. The van der Waals surface area contributed by atoms with Crippen LogP contribution in [0.4, 0.5) is 5.69 Å². The lowest BCUT2D eigenvalue weighted by atomic mass is 10.1. The third kappa shape index (κ3) is 2.56. The van der Waals surface area contributed by atoms with Gasteiger partial charge in [0.15, 0.2) is 6.29 Å². The van der Waals surface area contributed by atoms with Gasteiger partial charge in [-0.1, -0.05) is 18.2 Å². The molecule has 1 aliphatic rings. The van der Waals surface area contributed by atoms with Crippen molar-refractivity contribution in [3.05, 3.63) is 39.9 Å². The van der Waals surface area contributed by atoms with E-state index in [0.717, 1.165) is 6.42 Å². The minimum atomic E-state index is -0.377. The molecule has 0 bridgehead atoms. The van der Waals surface area contributed by atoms with Crippen molar-refractivity contribution < 1.29 is 14.4 Å². The van der Waals surface area contributed by atoms with Crippen molar-refractivity contribution in [1.82, 2.24) is 0 Å². The van der Waals surface area contributed by atoms with Gasteiger partial charge in [0.05, 0.1) is 18.1 Å². The smallest absolute Gasteiger partial charge is 0.272 e. The Kier molecular flexibility index (Phi) is 3.48. The highest BCUT2D eigenvalue weighted by atomic mass is 16.7. The molecule has 0 amide bonds. The van der Waals surface area contributed by atoms with Gasteiger partial charge in [0.1, 0.15) is 0 Å². The number of hydrogen-bond acceptors (Lipinski definition) is 4. The molecule has 1 fully saturated rings. The number of benzene rings is 1. The number of para-hydroxylation sites is 1. The van der Waals surface area contributed by atoms with Gasteiger partial charge < -0.3 is 9.47 Å². The predicted molar refractivity (Wildman–Crippen MR) is 57.1 cm³/mol. The summed E-state index contributed by atoms with van der Waals surface area (Å²) in [6.07, 6.45) is 0.958. The fraction of sp³-hybridized carbons (Fsp3) is 0.455. The molecule has 0 saturated carbocycles. The van der Waals surface area contributed by atoms with Crippen LogP contribution in [0.3, 0.4) is 0 Å². The Bertz CT molecular complexity index is 374. The van der Waals surface area contributed by atoms with Crippen molar-refractivity contribution in [3.63, 3.8) is 0 Å². The summed E-state index contributed by atoms with van der Waals surface area (Å²) in [5.74, 6) is 0. The van der Waals surface area contributed by atoms with E-state index < -0.39 is 0 Å². The summed E-state index contributed by atoms with van der Waals surface area (Å²) in [6.45, 7) is 1.32. The van der Waals surface area contributed by atoms with E-state index in [4.69, 9.17) is 9.47 Å². The normalized spacial score (nSPS) is 17.2. The fourth-order valence-corrected chi connectivity index (χ4v) is 1.70. The highest BCUT2D eigenvalue weighted by Crippen LogP contribution is 2.21. The van der Waals surface area contributed by atoms with Gasteiger partial charge in [-0.2, -0.15) is 0 Å². The molecule has 1 saturated heterocycles. The zero-order chi connectivity index (χ0) is 11.4. The number of ether oxygens (including phenoxy) is 2. The summed E-state index contributed by atoms with van der Waals surface area (Å²) < 4.78 is 10.7. The second kappa shape index (κ2) is 5.05.